The second-order valence-electron chi connectivity index (χ2n) is 8.44. The van der Waals surface area contributed by atoms with Crippen molar-refractivity contribution in [3.63, 3.8) is 0 Å². The van der Waals surface area contributed by atoms with Gasteiger partial charge in [0, 0.05) is 45.7 Å². The Labute approximate surface area is 189 Å². The fourth-order valence-corrected chi connectivity index (χ4v) is 5.45. The van der Waals surface area contributed by atoms with Crippen molar-refractivity contribution in [2.75, 3.05) is 25.5 Å². The Morgan fingerprint density at radius 1 is 1.19 bits per heavy atom. The number of fused-ring (bicyclic) bond motifs is 2. The van der Waals surface area contributed by atoms with Gasteiger partial charge in [0.25, 0.3) is 0 Å². The molecule has 0 unspecified atom stereocenters. The Kier molecular flexibility index (Phi) is 6.09. The van der Waals surface area contributed by atoms with Crippen LogP contribution in [0.1, 0.15) is 36.7 Å². The summed E-state index contributed by atoms with van der Waals surface area (Å²) in [4.78, 5) is 20.0. The molecule has 0 bridgehead atoms. The van der Waals surface area contributed by atoms with Crippen LogP contribution in [0.2, 0.25) is 0 Å². The zero-order valence-electron chi connectivity index (χ0n) is 19.1. The van der Waals surface area contributed by atoms with Gasteiger partial charge in [0.1, 0.15) is 5.82 Å². The first-order chi connectivity index (χ1) is 15.2. The quantitative estimate of drug-likeness (QED) is 0.571. The number of hydrogen-bond donors (Lipinski definition) is 0. The van der Waals surface area contributed by atoms with Crippen LogP contribution < -0.4 is 4.90 Å². The van der Waals surface area contributed by atoms with Crippen molar-refractivity contribution in [1.29, 1.82) is 0 Å². The van der Waals surface area contributed by atoms with Crippen LogP contribution in [-0.2, 0) is 34.2 Å². The Balaban J connectivity index is 1.59. The van der Waals surface area contributed by atoms with Crippen molar-refractivity contribution < 1.29 is 13.2 Å². The van der Waals surface area contributed by atoms with Crippen LogP contribution in [0.25, 0.3) is 11.0 Å². The van der Waals surface area contributed by atoms with Crippen LogP contribution in [0.15, 0.2) is 41.3 Å². The molecule has 0 aliphatic carbocycles. The molecule has 170 valence electrons. The monoisotopic (exact) mass is 454 g/mol. The van der Waals surface area contributed by atoms with Gasteiger partial charge in [-0.3, -0.25) is 4.79 Å². The van der Waals surface area contributed by atoms with E-state index in [1.54, 1.807) is 18.2 Å². The molecule has 1 aliphatic rings. The van der Waals surface area contributed by atoms with Crippen LogP contribution in [0.4, 0.5) is 5.69 Å². The maximum Gasteiger partial charge on any atom is 0.242 e. The molecule has 2 aromatic carbocycles. The highest BCUT2D eigenvalue weighted by molar-refractivity contribution is 7.89. The van der Waals surface area contributed by atoms with Gasteiger partial charge in [0.15, 0.2) is 0 Å². The normalized spacial score (nSPS) is 14.2. The van der Waals surface area contributed by atoms with Crippen molar-refractivity contribution in [3.05, 3.63) is 53.3 Å². The molecule has 0 fully saturated rings. The molecule has 1 amide bonds. The first kappa shape index (κ1) is 22.5. The third-order valence-electron chi connectivity index (χ3n) is 6.18. The summed E-state index contributed by atoms with van der Waals surface area (Å²) >= 11 is 0. The van der Waals surface area contributed by atoms with Crippen molar-refractivity contribution in [1.82, 2.24) is 13.9 Å². The largest absolute Gasteiger partial charge is 0.328 e. The van der Waals surface area contributed by atoms with Gasteiger partial charge in [-0.05, 0) is 56.0 Å². The van der Waals surface area contributed by atoms with Crippen LogP contribution in [0.3, 0.4) is 0 Å². The molecular weight excluding hydrogens is 424 g/mol. The number of carbonyl (C=O) groups excluding carboxylic acids is 1. The van der Waals surface area contributed by atoms with E-state index in [1.165, 1.54) is 24.0 Å². The van der Waals surface area contributed by atoms with Gasteiger partial charge >= 0.3 is 0 Å². The number of hydrogen-bond acceptors (Lipinski definition) is 4. The van der Waals surface area contributed by atoms with Crippen LogP contribution in [0, 0.1) is 6.92 Å². The molecule has 4 rings (SSSR count). The summed E-state index contributed by atoms with van der Waals surface area (Å²) in [5, 5.41) is 0. The maximum absolute atomic E-state index is 13.2. The molecule has 0 atom stereocenters. The second kappa shape index (κ2) is 8.67. The van der Waals surface area contributed by atoms with Crippen molar-refractivity contribution in [2.45, 2.75) is 51.0 Å². The lowest BCUT2D eigenvalue weighted by Gasteiger charge is -2.31. The van der Waals surface area contributed by atoms with Gasteiger partial charge in [0.2, 0.25) is 15.9 Å². The number of amides is 1. The maximum atomic E-state index is 13.2. The second-order valence-corrected chi connectivity index (χ2v) is 10.6. The molecule has 8 heteroatoms. The van der Waals surface area contributed by atoms with Crippen LogP contribution in [-0.4, -0.2) is 48.8 Å². The minimum absolute atomic E-state index is 0.103. The van der Waals surface area contributed by atoms with Crippen molar-refractivity contribution in [2.24, 2.45) is 0 Å². The standard InChI is InChI=1S/C24H30N4O3S/c1-5-27-21-12-11-19(32(30,31)26(3)4)16-20(21)25-22(27)13-14-23(29)28-15-7-10-18-9-6-8-17(2)24(18)28/h6,8-9,11-12,16H,5,7,10,13-15H2,1-4H3. The van der Waals surface area contributed by atoms with E-state index >= 15 is 0 Å². The summed E-state index contributed by atoms with van der Waals surface area (Å²) < 4.78 is 28.2. The predicted molar refractivity (Wildman–Crippen MR) is 126 cm³/mol. The molecule has 0 N–H and O–H groups in total. The van der Waals surface area contributed by atoms with Gasteiger partial charge in [-0.15, -0.1) is 0 Å². The predicted octanol–water partition coefficient (Wildman–Crippen LogP) is 3.53. The van der Waals surface area contributed by atoms with Crippen molar-refractivity contribution in [3.8, 4) is 0 Å². The van der Waals surface area contributed by atoms with Gasteiger partial charge < -0.3 is 9.47 Å². The average molecular weight is 455 g/mol. The topological polar surface area (TPSA) is 75.5 Å². The van der Waals surface area contributed by atoms with E-state index in [0.717, 1.165) is 42.0 Å². The van der Waals surface area contributed by atoms with E-state index in [-0.39, 0.29) is 10.8 Å². The number of nitrogens with zero attached hydrogens (tertiary/aromatic N) is 4. The van der Waals surface area contributed by atoms with E-state index in [2.05, 4.69) is 29.7 Å². The Morgan fingerprint density at radius 2 is 1.97 bits per heavy atom. The summed E-state index contributed by atoms with van der Waals surface area (Å²) in [7, 11) is -0.497. The molecule has 0 saturated heterocycles. The van der Waals surface area contributed by atoms with Gasteiger partial charge in [-0.2, -0.15) is 0 Å². The number of carbonyl (C=O) groups is 1. The molecule has 1 aromatic heterocycles. The third kappa shape index (κ3) is 3.93. The SMILES string of the molecule is CCn1c(CCC(=O)N2CCCc3cccc(C)c32)nc2cc(S(=O)(=O)N(C)C)ccc21. The first-order valence-corrected chi connectivity index (χ1v) is 12.5. The zero-order valence-corrected chi connectivity index (χ0v) is 19.9. The highest BCUT2D eigenvalue weighted by Crippen LogP contribution is 2.31. The Hall–Kier alpha value is -2.71. The highest BCUT2D eigenvalue weighted by Gasteiger charge is 2.25. The molecule has 1 aliphatic heterocycles. The lowest BCUT2D eigenvalue weighted by Crippen LogP contribution is -2.36. The number of para-hydroxylation sites is 1. The fraction of sp³-hybridized carbons (Fsp3) is 0.417. The number of sulfonamides is 1. The van der Waals surface area contributed by atoms with Crippen molar-refractivity contribution >= 4 is 32.7 Å². The molecule has 0 saturated carbocycles. The smallest absolute Gasteiger partial charge is 0.242 e. The summed E-state index contributed by atoms with van der Waals surface area (Å²) in [6.07, 6.45) is 2.85. The molecule has 3 aromatic rings. The Bertz CT molecular complexity index is 1280. The van der Waals surface area contributed by atoms with Gasteiger partial charge in [-0.1, -0.05) is 18.2 Å². The van der Waals surface area contributed by atoms with E-state index in [9.17, 15) is 13.2 Å². The number of aryl methyl sites for hydroxylation is 4. The number of rotatable bonds is 6. The first-order valence-electron chi connectivity index (χ1n) is 11.0. The number of anilines is 1. The minimum atomic E-state index is -3.53. The fourth-order valence-electron chi connectivity index (χ4n) is 4.52. The third-order valence-corrected chi connectivity index (χ3v) is 7.99. The summed E-state index contributed by atoms with van der Waals surface area (Å²) in [6, 6.07) is 11.3. The number of benzene rings is 2. The highest BCUT2D eigenvalue weighted by atomic mass is 32.2. The molecule has 0 radical (unpaired) electrons. The average Bonchev–Trinajstić information content (AvgIpc) is 3.13. The van der Waals surface area contributed by atoms with E-state index in [4.69, 9.17) is 4.98 Å². The van der Waals surface area contributed by atoms with E-state index in [0.29, 0.717) is 24.9 Å². The van der Waals surface area contributed by atoms with Gasteiger partial charge in [-0.25, -0.2) is 17.7 Å². The minimum Gasteiger partial charge on any atom is -0.328 e. The number of aromatic nitrogens is 2. The van der Waals surface area contributed by atoms with E-state index < -0.39 is 10.0 Å². The zero-order chi connectivity index (χ0) is 23.0. The van der Waals surface area contributed by atoms with Gasteiger partial charge in [0.05, 0.1) is 15.9 Å². The molecule has 32 heavy (non-hydrogen) atoms. The summed E-state index contributed by atoms with van der Waals surface area (Å²) in [5.41, 5.74) is 4.94. The summed E-state index contributed by atoms with van der Waals surface area (Å²) in [6.45, 7) is 5.53. The summed E-state index contributed by atoms with van der Waals surface area (Å²) in [5.74, 6) is 0.906. The van der Waals surface area contributed by atoms with Crippen LogP contribution in [0.5, 0.6) is 0 Å². The number of imidazole rings is 1. The molecule has 2 heterocycles. The Morgan fingerprint density at radius 3 is 2.69 bits per heavy atom. The lowest BCUT2D eigenvalue weighted by molar-refractivity contribution is -0.118. The molecule has 0 spiro atoms. The van der Waals surface area contributed by atoms with E-state index in [1.807, 2.05) is 11.8 Å². The molecule has 7 nitrogen and oxygen atoms in total. The molecular formula is C24H30N4O3S. The lowest BCUT2D eigenvalue weighted by atomic mass is 9.98. The van der Waals surface area contributed by atoms with Crippen LogP contribution >= 0.6 is 0 Å².